The Bertz CT molecular complexity index is 595. The molecule has 3 heteroatoms. The van der Waals surface area contributed by atoms with Crippen LogP contribution in [0.25, 0.3) is 0 Å². The quantitative estimate of drug-likeness (QED) is 0.873. The van der Waals surface area contributed by atoms with Crippen LogP contribution in [0, 0.1) is 29.5 Å². The SMILES string of the molecule is Cc1cccc(C(=O)NC2CC3CCC2(C)C3(C)C)c1F. The third-order valence-corrected chi connectivity index (χ3v) is 6.54. The first kappa shape index (κ1) is 14.6. The third-order valence-electron chi connectivity index (χ3n) is 6.54. The van der Waals surface area contributed by atoms with Crippen LogP contribution in [0.15, 0.2) is 18.2 Å². The first-order valence-corrected chi connectivity index (χ1v) is 7.83. The monoisotopic (exact) mass is 289 g/mol. The fraction of sp³-hybridized carbons (Fsp3) is 0.611. The molecule has 3 unspecified atom stereocenters. The molecule has 2 saturated carbocycles. The normalized spacial score (nSPS) is 33.2. The van der Waals surface area contributed by atoms with Gasteiger partial charge < -0.3 is 5.32 Å². The smallest absolute Gasteiger partial charge is 0.254 e. The number of aryl methyl sites for hydroxylation is 1. The zero-order valence-electron chi connectivity index (χ0n) is 13.3. The van der Waals surface area contributed by atoms with E-state index in [-0.39, 0.29) is 28.3 Å². The van der Waals surface area contributed by atoms with Crippen LogP contribution in [0.3, 0.4) is 0 Å². The summed E-state index contributed by atoms with van der Waals surface area (Å²) in [5, 5.41) is 3.11. The molecule has 0 spiro atoms. The summed E-state index contributed by atoms with van der Waals surface area (Å²) in [5.41, 5.74) is 1.05. The molecular formula is C18H24FNO. The van der Waals surface area contributed by atoms with E-state index < -0.39 is 5.82 Å². The zero-order chi connectivity index (χ0) is 15.4. The number of nitrogens with one attached hydrogen (secondary N) is 1. The number of carbonyl (C=O) groups is 1. The Labute approximate surface area is 126 Å². The van der Waals surface area contributed by atoms with Gasteiger partial charge in [-0.15, -0.1) is 0 Å². The predicted molar refractivity (Wildman–Crippen MR) is 81.6 cm³/mol. The van der Waals surface area contributed by atoms with Crippen LogP contribution >= 0.6 is 0 Å². The Balaban J connectivity index is 1.82. The summed E-state index contributed by atoms with van der Waals surface area (Å²) >= 11 is 0. The second-order valence-corrected chi connectivity index (χ2v) is 7.57. The lowest BCUT2D eigenvalue weighted by atomic mass is 9.69. The lowest BCUT2D eigenvalue weighted by molar-refractivity contribution is 0.0822. The lowest BCUT2D eigenvalue weighted by Crippen LogP contribution is -2.47. The molecule has 2 aliphatic rings. The number of hydrogen-bond acceptors (Lipinski definition) is 1. The Morgan fingerprint density at radius 1 is 1.33 bits per heavy atom. The molecule has 1 N–H and O–H groups in total. The highest BCUT2D eigenvalue weighted by molar-refractivity contribution is 5.95. The van der Waals surface area contributed by atoms with Crippen LogP contribution in [0.4, 0.5) is 4.39 Å². The van der Waals surface area contributed by atoms with E-state index in [4.69, 9.17) is 0 Å². The van der Waals surface area contributed by atoms with E-state index in [0.717, 1.165) is 12.8 Å². The highest BCUT2D eigenvalue weighted by Crippen LogP contribution is 2.65. The van der Waals surface area contributed by atoms with E-state index in [1.165, 1.54) is 6.42 Å². The number of hydrogen-bond donors (Lipinski definition) is 1. The van der Waals surface area contributed by atoms with Crippen molar-refractivity contribution >= 4 is 5.91 Å². The number of fused-ring (bicyclic) bond motifs is 2. The molecule has 1 aromatic carbocycles. The van der Waals surface area contributed by atoms with Gasteiger partial charge in [0.1, 0.15) is 5.82 Å². The van der Waals surface area contributed by atoms with Crippen molar-refractivity contribution in [1.29, 1.82) is 0 Å². The topological polar surface area (TPSA) is 29.1 Å². The Hall–Kier alpha value is -1.38. The Morgan fingerprint density at radius 3 is 2.62 bits per heavy atom. The van der Waals surface area contributed by atoms with Crippen LogP contribution in [-0.4, -0.2) is 11.9 Å². The van der Waals surface area contributed by atoms with Gasteiger partial charge in [-0.3, -0.25) is 4.79 Å². The van der Waals surface area contributed by atoms with E-state index in [1.54, 1.807) is 25.1 Å². The average Bonchev–Trinajstić information content (AvgIpc) is 2.75. The van der Waals surface area contributed by atoms with Crippen molar-refractivity contribution in [3.63, 3.8) is 0 Å². The summed E-state index contributed by atoms with van der Waals surface area (Å²) in [6.45, 7) is 8.58. The average molecular weight is 289 g/mol. The maximum Gasteiger partial charge on any atom is 0.254 e. The molecule has 1 amide bonds. The van der Waals surface area contributed by atoms with Gasteiger partial charge in [0.25, 0.3) is 5.91 Å². The maximum absolute atomic E-state index is 14.1. The molecule has 0 radical (unpaired) electrons. The molecule has 0 aromatic heterocycles. The molecule has 2 fully saturated rings. The van der Waals surface area contributed by atoms with Gasteiger partial charge in [-0.2, -0.15) is 0 Å². The molecular weight excluding hydrogens is 265 g/mol. The van der Waals surface area contributed by atoms with Gasteiger partial charge >= 0.3 is 0 Å². The van der Waals surface area contributed by atoms with Crippen molar-refractivity contribution < 1.29 is 9.18 Å². The van der Waals surface area contributed by atoms with E-state index in [9.17, 15) is 9.18 Å². The highest BCUT2D eigenvalue weighted by Gasteiger charge is 2.61. The molecule has 21 heavy (non-hydrogen) atoms. The number of amides is 1. The molecule has 114 valence electrons. The molecule has 3 rings (SSSR count). The van der Waals surface area contributed by atoms with E-state index in [0.29, 0.717) is 11.5 Å². The van der Waals surface area contributed by atoms with Crippen LogP contribution < -0.4 is 5.32 Å². The van der Waals surface area contributed by atoms with Crippen molar-refractivity contribution in [2.45, 2.75) is 53.0 Å². The Morgan fingerprint density at radius 2 is 2.05 bits per heavy atom. The maximum atomic E-state index is 14.1. The van der Waals surface area contributed by atoms with Crippen molar-refractivity contribution in [1.82, 2.24) is 5.32 Å². The summed E-state index contributed by atoms with van der Waals surface area (Å²) in [5.74, 6) is -0.0106. The fourth-order valence-electron chi connectivity index (χ4n) is 4.48. The molecule has 1 aromatic rings. The number of rotatable bonds is 2. The largest absolute Gasteiger partial charge is 0.349 e. The first-order valence-electron chi connectivity index (χ1n) is 7.83. The summed E-state index contributed by atoms with van der Waals surface area (Å²) in [4.78, 5) is 12.5. The van der Waals surface area contributed by atoms with Gasteiger partial charge in [-0.1, -0.05) is 32.9 Å². The van der Waals surface area contributed by atoms with Crippen LogP contribution in [0.2, 0.25) is 0 Å². The number of carbonyl (C=O) groups excluding carboxylic acids is 1. The summed E-state index contributed by atoms with van der Waals surface area (Å²) < 4.78 is 14.1. The van der Waals surface area contributed by atoms with Crippen LogP contribution in [0.1, 0.15) is 56.0 Å². The highest BCUT2D eigenvalue weighted by atomic mass is 19.1. The van der Waals surface area contributed by atoms with Gasteiger partial charge in [0.15, 0.2) is 0 Å². The molecule has 2 bridgehead atoms. The minimum Gasteiger partial charge on any atom is -0.349 e. The van der Waals surface area contributed by atoms with Gasteiger partial charge in [0.05, 0.1) is 5.56 Å². The van der Waals surface area contributed by atoms with E-state index in [2.05, 4.69) is 26.1 Å². The molecule has 0 aliphatic heterocycles. The van der Waals surface area contributed by atoms with E-state index >= 15 is 0 Å². The van der Waals surface area contributed by atoms with Gasteiger partial charge in [-0.05, 0) is 54.6 Å². The molecule has 2 nitrogen and oxygen atoms in total. The minimum absolute atomic E-state index is 0.119. The number of halogens is 1. The fourth-order valence-corrected chi connectivity index (χ4v) is 4.48. The summed E-state index contributed by atoms with van der Waals surface area (Å²) in [7, 11) is 0. The second kappa shape index (κ2) is 4.56. The van der Waals surface area contributed by atoms with Crippen molar-refractivity contribution in [2.24, 2.45) is 16.7 Å². The molecule has 0 saturated heterocycles. The van der Waals surface area contributed by atoms with Crippen molar-refractivity contribution in [3.8, 4) is 0 Å². The standard InChI is InChI=1S/C18H24FNO/c1-11-6-5-7-13(15(11)19)16(21)20-14-10-12-8-9-18(14,4)17(12,2)3/h5-7,12,14H,8-10H2,1-4H3,(H,20,21). The first-order chi connectivity index (χ1) is 9.77. The van der Waals surface area contributed by atoms with Gasteiger partial charge in [0.2, 0.25) is 0 Å². The molecule has 0 heterocycles. The Kier molecular flexibility index (Phi) is 3.16. The summed E-state index contributed by atoms with van der Waals surface area (Å²) in [6.07, 6.45) is 3.41. The van der Waals surface area contributed by atoms with Crippen LogP contribution in [0.5, 0.6) is 0 Å². The van der Waals surface area contributed by atoms with Gasteiger partial charge in [0, 0.05) is 6.04 Å². The van der Waals surface area contributed by atoms with Crippen molar-refractivity contribution in [3.05, 3.63) is 35.1 Å². The second-order valence-electron chi connectivity index (χ2n) is 7.57. The van der Waals surface area contributed by atoms with Gasteiger partial charge in [-0.25, -0.2) is 4.39 Å². The summed E-state index contributed by atoms with van der Waals surface area (Å²) in [6, 6.07) is 5.14. The molecule has 2 aliphatic carbocycles. The zero-order valence-corrected chi connectivity index (χ0v) is 13.3. The predicted octanol–water partition coefficient (Wildman–Crippen LogP) is 4.08. The van der Waals surface area contributed by atoms with E-state index in [1.807, 2.05) is 0 Å². The van der Waals surface area contributed by atoms with Crippen LogP contribution in [-0.2, 0) is 0 Å². The van der Waals surface area contributed by atoms with Crippen molar-refractivity contribution in [2.75, 3.05) is 0 Å². The molecule has 3 atom stereocenters. The number of benzene rings is 1. The third kappa shape index (κ3) is 1.93. The lowest BCUT2D eigenvalue weighted by Gasteiger charge is -2.39. The minimum atomic E-state index is -0.400.